The summed E-state index contributed by atoms with van der Waals surface area (Å²) in [6.07, 6.45) is 1.84. The third-order valence-corrected chi connectivity index (χ3v) is 3.11. The van der Waals surface area contributed by atoms with E-state index >= 15 is 0 Å². The topological polar surface area (TPSA) is 49.8 Å². The molecule has 5 heteroatoms. The Morgan fingerprint density at radius 1 is 1.10 bits per heavy atom. The first-order valence-electron chi connectivity index (χ1n) is 6.86. The summed E-state index contributed by atoms with van der Waals surface area (Å²) < 4.78 is 0. The number of hydrogen-bond acceptors (Lipinski definition) is 4. The second kappa shape index (κ2) is 7.10. The number of nitrogens with one attached hydrogen (secondary N) is 2. The molecule has 0 fully saturated rings. The van der Waals surface area contributed by atoms with Gasteiger partial charge in [-0.15, -0.1) is 0 Å². The zero-order valence-corrected chi connectivity index (χ0v) is 12.5. The van der Waals surface area contributed by atoms with Gasteiger partial charge in [0.25, 0.3) is 0 Å². The minimum Gasteiger partial charge on any atom is -0.370 e. The zero-order chi connectivity index (χ0) is 14.4. The first-order chi connectivity index (χ1) is 9.72. The Morgan fingerprint density at radius 2 is 1.85 bits per heavy atom. The van der Waals surface area contributed by atoms with E-state index in [1.807, 2.05) is 37.3 Å². The number of aromatic nitrogens is 2. The lowest BCUT2D eigenvalue weighted by molar-refractivity contribution is 0.919. The number of rotatable bonds is 6. The van der Waals surface area contributed by atoms with Crippen molar-refractivity contribution in [2.75, 3.05) is 17.2 Å². The number of nitrogens with zero attached hydrogens (tertiary/aromatic N) is 2. The van der Waals surface area contributed by atoms with Crippen molar-refractivity contribution in [2.24, 2.45) is 0 Å². The molecule has 0 atom stereocenters. The summed E-state index contributed by atoms with van der Waals surface area (Å²) in [5.74, 6) is 2.40. The highest BCUT2D eigenvalue weighted by atomic mass is 35.5. The molecule has 1 aromatic heterocycles. The largest absolute Gasteiger partial charge is 0.370 e. The zero-order valence-electron chi connectivity index (χ0n) is 11.8. The quantitative estimate of drug-likeness (QED) is 0.835. The highest BCUT2D eigenvalue weighted by Crippen LogP contribution is 2.24. The summed E-state index contributed by atoms with van der Waals surface area (Å²) in [6, 6.07) is 9.51. The Balaban J connectivity index is 2.24. The van der Waals surface area contributed by atoms with E-state index in [1.165, 1.54) is 0 Å². The molecule has 0 bridgehead atoms. The predicted molar refractivity (Wildman–Crippen MR) is 84.9 cm³/mol. The van der Waals surface area contributed by atoms with Crippen molar-refractivity contribution in [3.05, 3.63) is 41.2 Å². The van der Waals surface area contributed by atoms with Crippen LogP contribution in [0, 0.1) is 0 Å². The van der Waals surface area contributed by atoms with Gasteiger partial charge < -0.3 is 10.6 Å². The number of aryl methyl sites for hydroxylation is 1. The van der Waals surface area contributed by atoms with Gasteiger partial charge in [-0.1, -0.05) is 37.6 Å². The van der Waals surface area contributed by atoms with E-state index in [4.69, 9.17) is 11.6 Å². The van der Waals surface area contributed by atoms with Crippen molar-refractivity contribution in [2.45, 2.75) is 26.7 Å². The van der Waals surface area contributed by atoms with Crippen LogP contribution in [-0.4, -0.2) is 16.5 Å². The lowest BCUT2D eigenvalue weighted by Crippen LogP contribution is -2.06. The van der Waals surface area contributed by atoms with Gasteiger partial charge in [-0.2, -0.15) is 0 Å². The summed E-state index contributed by atoms with van der Waals surface area (Å²) in [5, 5.41) is 7.20. The van der Waals surface area contributed by atoms with Crippen molar-refractivity contribution in [3.63, 3.8) is 0 Å². The summed E-state index contributed by atoms with van der Waals surface area (Å²) >= 11 is 6.15. The fraction of sp³-hybridized carbons (Fsp3) is 0.333. The number of anilines is 3. The van der Waals surface area contributed by atoms with E-state index in [1.54, 1.807) is 0 Å². The van der Waals surface area contributed by atoms with Gasteiger partial charge in [0.2, 0.25) is 0 Å². The molecule has 1 heterocycles. The molecule has 0 saturated carbocycles. The fourth-order valence-electron chi connectivity index (χ4n) is 1.76. The Bertz CT molecular complexity index is 572. The molecule has 0 amide bonds. The number of hydrogen-bond donors (Lipinski definition) is 2. The molecule has 2 rings (SSSR count). The monoisotopic (exact) mass is 290 g/mol. The highest BCUT2D eigenvalue weighted by molar-refractivity contribution is 6.33. The molecule has 20 heavy (non-hydrogen) atoms. The van der Waals surface area contributed by atoms with Crippen LogP contribution in [0.15, 0.2) is 30.3 Å². The van der Waals surface area contributed by atoms with Crippen LogP contribution >= 0.6 is 11.6 Å². The number of halogens is 1. The van der Waals surface area contributed by atoms with Gasteiger partial charge in [0, 0.05) is 19.0 Å². The number of para-hydroxylation sites is 1. The van der Waals surface area contributed by atoms with Crippen LogP contribution in [-0.2, 0) is 6.42 Å². The first kappa shape index (κ1) is 14.6. The maximum atomic E-state index is 6.15. The van der Waals surface area contributed by atoms with E-state index in [9.17, 15) is 0 Å². The smallest absolute Gasteiger partial charge is 0.136 e. The first-order valence-corrected chi connectivity index (χ1v) is 7.24. The van der Waals surface area contributed by atoms with E-state index in [-0.39, 0.29) is 0 Å². The van der Waals surface area contributed by atoms with Gasteiger partial charge in [-0.3, -0.25) is 0 Å². The van der Waals surface area contributed by atoms with E-state index in [0.717, 1.165) is 42.5 Å². The SMILES string of the molecule is CCCNc1cc(Nc2ccccc2Cl)nc(CC)n1. The summed E-state index contributed by atoms with van der Waals surface area (Å²) in [7, 11) is 0. The third kappa shape index (κ3) is 3.84. The molecule has 2 aromatic rings. The van der Waals surface area contributed by atoms with Gasteiger partial charge in [0.15, 0.2) is 0 Å². The van der Waals surface area contributed by atoms with Gasteiger partial charge >= 0.3 is 0 Å². The third-order valence-electron chi connectivity index (χ3n) is 2.78. The van der Waals surface area contributed by atoms with E-state index in [2.05, 4.69) is 27.5 Å². The minimum absolute atomic E-state index is 0.673. The maximum Gasteiger partial charge on any atom is 0.136 e. The van der Waals surface area contributed by atoms with Crippen LogP contribution in [0.5, 0.6) is 0 Å². The average Bonchev–Trinajstić information content (AvgIpc) is 2.47. The van der Waals surface area contributed by atoms with Crippen molar-refractivity contribution < 1.29 is 0 Å². The summed E-state index contributed by atoms with van der Waals surface area (Å²) in [6.45, 7) is 5.06. The Hall–Kier alpha value is -1.81. The second-order valence-corrected chi connectivity index (χ2v) is 4.85. The predicted octanol–water partition coefficient (Wildman–Crippen LogP) is 4.26. The van der Waals surface area contributed by atoms with Crippen LogP contribution < -0.4 is 10.6 Å². The lowest BCUT2D eigenvalue weighted by Gasteiger charge is -2.11. The van der Waals surface area contributed by atoms with Gasteiger partial charge in [-0.25, -0.2) is 9.97 Å². The molecular formula is C15H19ClN4. The molecule has 2 N–H and O–H groups in total. The van der Waals surface area contributed by atoms with Gasteiger partial charge in [0.1, 0.15) is 17.5 Å². The van der Waals surface area contributed by atoms with Crippen molar-refractivity contribution in [1.29, 1.82) is 0 Å². The van der Waals surface area contributed by atoms with Crippen molar-refractivity contribution in [3.8, 4) is 0 Å². The second-order valence-electron chi connectivity index (χ2n) is 4.44. The molecule has 0 saturated heterocycles. The highest BCUT2D eigenvalue weighted by Gasteiger charge is 2.05. The fourth-order valence-corrected chi connectivity index (χ4v) is 1.95. The molecule has 0 spiro atoms. The molecule has 4 nitrogen and oxygen atoms in total. The number of benzene rings is 1. The van der Waals surface area contributed by atoms with Crippen LogP contribution in [0.4, 0.5) is 17.3 Å². The average molecular weight is 291 g/mol. The maximum absolute atomic E-state index is 6.15. The van der Waals surface area contributed by atoms with Crippen LogP contribution in [0.2, 0.25) is 5.02 Å². The summed E-state index contributed by atoms with van der Waals surface area (Å²) in [4.78, 5) is 8.93. The molecule has 0 aliphatic heterocycles. The van der Waals surface area contributed by atoms with Crippen LogP contribution in [0.25, 0.3) is 0 Å². The van der Waals surface area contributed by atoms with Crippen LogP contribution in [0.3, 0.4) is 0 Å². The molecule has 0 radical (unpaired) electrons. The van der Waals surface area contributed by atoms with Crippen LogP contribution in [0.1, 0.15) is 26.1 Å². The molecule has 0 aliphatic carbocycles. The Labute approximate surface area is 124 Å². The Morgan fingerprint density at radius 3 is 2.55 bits per heavy atom. The van der Waals surface area contributed by atoms with Crippen molar-refractivity contribution >= 4 is 28.9 Å². The van der Waals surface area contributed by atoms with E-state index in [0.29, 0.717) is 5.02 Å². The molecule has 0 unspecified atom stereocenters. The summed E-state index contributed by atoms with van der Waals surface area (Å²) in [5.41, 5.74) is 0.844. The Kier molecular flexibility index (Phi) is 5.18. The molecular weight excluding hydrogens is 272 g/mol. The van der Waals surface area contributed by atoms with Gasteiger partial charge in [0.05, 0.1) is 10.7 Å². The molecule has 1 aromatic carbocycles. The standard InChI is InChI=1S/C15H19ClN4/c1-3-9-17-14-10-15(20-13(4-2)19-14)18-12-8-6-5-7-11(12)16/h5-8,10H,3-4,9H2,1-2H3,(H2,17,18,19,20). The van der Waals surface area contributed by atoms with E-state index < -0.39 is 0 Å². The van der Waals surface area contributed by atoms with Gasteiger partial charge in [-0.05, 0) is 18.6 Å². The normalized spacial score (nSPS) is 10.3. The molecule has 106 valence electrons. The van der Waals surface area contributed by atoms with Crippen molar-refractivity contribution in [1.82, 2.24) is 9.97 Å². The lowest BCUT2D eigenvalue weighted by atomic mass is 10.3. The molecule has 0 aliphatic rings. The minimum atomic E-state index is 0.673.